The third-order valence-corrected chi connectivity index (χ3v) is 3.64. The van der Waals surface area contributed by atoms with Gasteiger partial charge in [0, 0.05) is 10.4 Å². The Bertz CT molecular complexity index is 700. The van der Waals surface area contributed by atoms with Gasteiger partial charge in [0.25, 0.3) is 5.91 Å². The maximum absolute atomic E-state index is 12.2. The van der Waals surface area contributed by atoms with Gasteiger partial charge in [-0.3, -0.25) is 10.1 Å². The molecular weight excluding hydrogens is 314 g/mol. The zero-order chi connectivity index (χ0) is 15.4. The molecule has 2 rings (SSSR count). The van der Waals surface area contributed by atoms with Crippen LogP contribution in [0, 0.1) is 0 Å². The average Bonchev–Trinajstić information content (AvgIpc) is 2.94. The van der Waals surface area contributed by atoms with E-state index in [9.17, 15) is 4.79 Å². The number of oxime groups is 1. The molecular formula is C13H12ClN3O3S. The van der Waals surface area contributed by atoms with E-state index in [2.05, 4.69) is 15.5 Å². The summed E-state index contributed by atoms with van der Waals surface area (Å²) >= 11 is 7.12. The summed E-state index contributed by atoms with van der Waals surface area (Å²) in [6.45, 7) is 1.61. The van der Waals surface area contributed by atoms with E-state index in [1.54, 1.807) is 24.4 Å². The predicted octanol–water partition coefficient (Wildman–Crippen LogP) is 3.26. The van der Waals surface area contributed by atoms with E-state index in [0.29, 0.717) is 32.9 Å². The summed E-state index contributed by atoms with van der Waals surface area (Å²) in [5.74, 6) is 0.0376. The molecule has 2 N–H and O–H groups in total. The van der Waals surface area contributed by atoms with Gasteiger partial charge in [-0.15, -0.1) is 11.3 Å². The van der Waals surface area contributed by atoms with E-state index < -0.39 is 0 Å². The number of amides is 1. The summed E-state index contributed by atoms with van der Waals surface area (Å²) in [6.07, 6.45) is 0. The molecule has 21 heavy (non-hydrogen) atoms. The van der Waals surface area contributed by atoms with Crippen molar-refractivity contribution in [2.45, 2.75) is 6.92 Å². The number of methoxy groups -OCH3 is 1. The minimum Gasteiger partial charge on any atom is -0.496 e. The second-order valence-corrected chi connectivity index (χ2v) is 5.32. The van der Waals surface area contributed by atoms with Crippen LogP contribution in [0.15, 0.2) is 28.7 Å². The molecule has 6 nitrogen and oxygen atoms in total. The van der Waals surface area contributed by atoms with Crippen LogP contribution in [-0.4, -0.2) is 28.9 Å². The van der Waals surface area contributed by atoms with Crippen LogP contribution in [-0.2, 0) is 0 Å². The lowest BCUT2D eigenvalue weighted by molar-refractivity contribution is 0.102. The van der Waals surface area contributed by atoms with Crippen LogP contribution in [0.4, 0.5) is 5.13 Å². The molecule has 0 fully saturated rings. The van der Waals surface area contributed by atoms with Crippen molar-refractivity contribution in [3.8, 4) is 5.75 Å². The standard InChI is InChI=1S/C13H12ClN3O3S/c1-7(17-19)10-6-21-13(15-10)16-12(18)9-5-8(14)3-4-11(9)20-2/h3-6,19H,1-2H3,(H,15,16,18). The van der Waals surface area contributed by atoms with Crippen molar-refractivity contribution in [3.05, 3.63) is 39.9 Å². The quantitative estimate of drug-likeness (QED) is 0.513. The summed E-state index contributed by atoms with van der Waals surface area (Å²) in [5.41, 5.74) is 1.18. The first-order chi connectivity index (χ1) is 10.0. The Hall–Kier alpha value is -2.12. The number of aromatic nitrogens is 1. The summed E-state index contributed by atoms with van der Waals surface area (Å²) in [7, 11) is 1.47. The number of rotatable bonds is 4. The van der Waals surface area contributed by atoms with Gasteiger partial charge in [-0.05, 0) is 25.1 Å². The number of halogens is 1. The van der Waals surface area contributed by atoms with E-state index in [-0.39, 0.29) is 5.91 Å². The first kappa shape index (κ1) is 15.3. The molecule has 0 unspecified atom stereocenters. The number of anilines is 1. The highest BCUT2D eigenvalue weighted by Gasteiger charge is 2.15. The zero-order valence-corrected chi connectivity index (χ0v) is 12.8. The van der Waals surface area contributed by atoms with Gasteiger partial charge >= 0.3 is 0 Å². The third kappa shape index (κ3) is 3.50. The predicted molar refractivity (Wildman–Crippen MR) is 82.1 cm³/mol. The first-order valence-electron chi connectivity index (χ1n) is 5.84. The van der Waals surface area contributed by atoms with Crippen LogP contribution >= 0.6 is 22.9 Å². The molecule has 0 aliphatic rings. The molecule has 2 aromatic rings. The number of thiazole rings is 1. The van der Waals surface area contributed by atoms with Gasteiger partial charge in [0.1, 0.15) is 17.2 Å². The van der Waals surface area contributed by atoms with E-state index in [1.807, 2.05) is 0 Å². The van der Waals surface area contributed by atoms with E-state index in [0.717, 1.165) is 0 Å². The van der Waals surface area contributed by atoms with Crippen molar-refractivity contribution in [2.24, 2.45) is 5.16 Å². The van der Waals surface area contributed by atoms with Crippen LogP contribution in [0.25, 0.3) is 0 Å². The molecule has 0 saturated carbocycles. The highest BCUT2D eigenvalue weighted by Crippen LogP contribution is 2.24. The minimum atomic E-state index is -0.381. The maximum Gasteiger partial charge on any atom is 0.261 e. The fourth-order valence-corrected chi connectivity index (χ4v) is 2.49. The summed E-state index contributed by atoms with van der Waals surface area (Å²) < 4.78 is 5.13. The summed E-state index contributed by atoms with van der Waals surface area (Å²) in [4.78, 5) is 16.4. The van der Waals surface area contributed by atoms with Gasteiger partial charge in [0.05, 0.1) is 12.7 Å². The largest absolute Gasteiger partial charge is 0.496 e. The molecule has 110 valence electrons. The average molecular weight is 326 g/mol. The molecule has 8 heteroatoms. The number of carbonyl (C=O) groups excluding carboxylic acids is 1. The molecule has 0 aliphatic carbocycles. The Labute approximate surface area is 130 Å². The van der Waals surface area contributed by atoms with Crippen LogP contribution in [0.3, 0.4) is 0 Å². The van der Waals surface area contributed by atoms with E-state index in [1.165, 1.54) is 24.5 Å². The number of carbonyl (C=O) groups is 1. The number of hydrogen-bond acceptors (Lipinski definition) is 6. The molecule has 0 atom stereocenters. The third-order valence-electron chi connectivity index (χ3n) is 2.65. The highest BCUT2D eigenvalue weighted by molar-refractivity contribution is 7.14. The van der Waals surface area contributed by atoms with E-state index >= 15 is 0 Å². The van der Waals surface area contributed by atoms with Gasteiger partial charge in [-0.1, -0.05) is 16.8 Å². The van der Waals surface area contributed by atoms with Gasteiger partial charge in [0.2, 0.25) is 0 Å². The molecule has 1 aromatic heterocycles. The fraction of sp³-hybridized carbons (Fsp3) is 0.154. The normalized spacial score (nSPS) is 11.3. The molecule has 0 saturated heterocycles. The second-order valence-electron chi connectivity index (χ2n) is 4.02. The zero-order valence-electron chi connectivity index (χ0n) is 11.3. The van der Waals surface area contributed by atoms with Gasteiger partial charge in [-0.2, -0.15) is 0 Å². The maximum atomic E-state index is 12.2. The van der Waals surface area contributed by atoms with Crippen molar-refractivity contribution < 1.29 is 14.7 Å². The number of nitrogens with zero attached hydrogens (tertiary/aromatic N) is 2. The van der Waals surface area contributed by atoms with Crippen LogP contribution in [0.1, 0.15) is 23.0 Å². The molecule has 0 aliphatic heterocycles. The molecule has 1 aromatic carbocycles. The topological polar surface area (TPSA) is 83.8 Å². The summed E-state index contributed by atoms with van der Waals surface area (Å²) in [5, 5.41) is 16.9. The molecule has 0 spiro atoms. The molecule has 1 heterocycles. The Balaban J connectivity index is 2.22. The number of hydrogen-bond donors (Lipinski definition) is 2. The fourth-order valence-electron chi connectivity index (χ4n) is 1.57. The highest BCUT2D eigenvalue weighted by atomic mass is 35.5. The Kier molecular flexibility index (Phi) is 4.77. The Morgan fingerprint density at radius 1 is 1.52 bits per heavy atom. The summed E-state index contributed by atoms with van der Waals surface area (Å²) in [6, 6.07) is 4.78. The molecule has 0 bridgehead atoms. The molecule has 0 radical (unpaired) electrons. The lowest BCUT2D eigenvalue weighted by Gasteiger charge is -2.08. The first-order valence-corrected chi connectivity index (χ1v) is 7.10. The smallest absolute Gasteiger partial charge is 0.261 e. The minimum absolute atomic E-state index is 0.314. The Morgan fingerprint density at radius 3 is 2.95 bits per heavy atom. The van der Waals surface area contributed by atoms with Crippen molar-refractivity contribution >= 4 is 39.7 Å². The van der Waals surface area contributed by atoms with Crippen molar-refractivity contribution in [3.63, 3.8) is 0 Å². The molecule has 1 amide bonds. The number of ether oxygens (including phenoxy) is 1. The number of benzene rings is 1. The van der Waals surface area contributed by atoms with Crippen molar-refractivity contribution in [1.82, 2.24) is 4.98 Å². The van der Waals surface area contributed by atoms with Gasteiger partial charge in [0.15, 0.2) is 5.13 Å². The monoisotopic (exact) mass is 325 g/mol. The SMILES string of the molecule is COc1ccc(Cl)cc1C(=O)Nc1nc(C(C)=NO)cs1. The van der Waals surface area contributed by atoms with Gasteiger partial charge in [-0.25, -0.2) is 4.98 Å². The van der Waals surface area contributed by atoms with Crippen LogP contribution in [0.2, 0.25) is 5.02 Å². The van der Waals surface area contributed by atoms with Crippen molar-refractivity contribution in [2.75, 3.05) is 12.4 Å². The second kappa shape index (κ2) is 6.55. The van der Waals surface area contributed by atoms with Gasteiger partial charge < -0.3 is 9.94 Å². The van der Waals surface area contributed by atoms with Crippen LogP contribution in [0.5, 0.6) is 5.75 Å². The van der Waals surface area contributed by atoms with Crippen LogP contribution < -0.4 is 10.1 Å². The Morgan fingerprint density at radius 2 is 2.29 bits per heavy atom. The number of nitrogens with one attached hydrogen (secondary N) is 1. The lowest BCUT2D eigenvalue weighted by Crippen LogP contribution is -2.13. The van der Waals surface area contributed by atoms with Crippen molar-refractivity contribution in [1.29, 1.82) is 0 Å². The lowest BCUT2D eigenvalue weighted by atomic mass is 10.2. The van der Waals surface area contributed by atoms with E-state index in [4.69, 9.17) is 21.5 Å².